The number of nitrogens with zero attached hydrogens (tertiary/aromatic N) is 1. The Labute approximate surface area is 109 Å². The summed E-state index contributed by atoms with van der Waals surface area (Å²) < 4.78 is 0. The summed E-state index contributed by atoms with van der Waals surface area (Å²) in [5, 5.41) is 8.16. The number of aryl methyl sites for hydroxylation is 2. The first kappa shape index (κ1) is 14.6. The summed E-state index contributed by atoms with van der Waals surface area (Å²) in [5.74, 6) is 0. The molecule has 0 radical (unpaired) electrons. The van der Waals surface area contributed by atoms with Crippen LogP contribution in [0.4, 0.5) is 0 Å². The Balaban J connectivity index is 2.35. The predicted molar refractivity (Wildman–Crippen MR) is 75.8 cm³/mol. The lowest BCUT2D eigenvalue weighted by molar-refractivity contribution is 0.414. The molecule has 0 saturated carbocycles. The number of rotatable bonds is 5. The van der Waals surface area contributed by atoms with E-state index in [9.17, 15) is 0 Å². The van der Waals surface area contributed by atoms with E-state index >= 15 is 0 Å². The van der Waals surface area contributed by atoms with Crippen LogP contribution in [0.2, 0.25) is 0 Å². The molecular weight excluding hydrogens is 230 g/mol. The minimum atomic E-state index is 0.196. The lowest BCUT2D eigenvalue weighted by atomic mass is 10.1. The molecule has 17 heavy (non-hydrogen) atoms. The molecule has 0 spiro atoms. The zero-order valence-corrected chi connectivity index (χ0v) is 12.7. The lowest BCUT2D eigenvalue weighted by Crippen LogP contribution is -2.40. The van der Waals surface area contributed by atoms with Crippen molar-refractivity contribution in [1.29, 1.82) is 0 Å². The summed E-state index contributed by atoms with van der Waals surface area (Å²) in [6, 6.07) is 0.392. The molecule has 1 aromatic rings. The molecule has 2 N–H and O–H groups in total. The zero-order chi connectivity index (χ0) is 13.1. The Hall–Kier alpha value is -0.450. The molecule has 0 aliphatic carbocycles. The van der Waals surface area contributed by atoms with Gasteiger partial charge in [-0.3, -0.25) is 0 Å². The van der Waals surface area contributed by atoms with E-state index in [4.69, 9.17) is 0 Å². The van der Waals surface area contributed by atoms with Crippen LogP contribution in [0.25, 0.3) is 0 Å². The van der Waals surface area contributed by atoms with Gasteiger partial charge in [-0.05, 0) is 41.5 Å². The molecule has 1 heterocycles. The van der Waals surface area contributed by atoms with Gasteiger partial charge in [-0.1, -0.05) is 0 Å². The largest absolute Gasteiger partial charge is 0.311 e. The van der Waals surface area contributed by atoms with Gasteiger partial charge in [-0.15, -0.1) is 11.3 Å². The van der Waals surface area contributed by atoms with Crippen LogP contribution in [0.3, 0.4) is 0 Å². The second-order valence-electron chi connectivity index (χ2n) is 5.54. The highest BCUT2D eigenvalue weighted by Gasteiger charge is 2.12. The first-order valence-corrected chi connectivity index (χ1v) is 7.03. The summed E-state index contributed by atoms with van der Waals surface area (Å²) in [7, 11) is 0. The highest BCUT2D eigenvalue weighted by molar-refractivity contribution is 7.11. The van der Waals surface area contributed by atoms with E-state index in [1.54, 1.807) is 11.3 Å². The summed E-state index contributed by atoms with van der Waals surface area (Å²) in [6.07, 6.45) is 0. The van der Waals surface area contributed by atoms with Crippen LogP contribution in [0.5, 0.6) is 0 Å². The molecule has 0 aliphatic heterocycles. The van der Waals surface area contributed by atoms with Gasteiger partial charge in [0.25, 0.3) is 0 Å². The molecule has 1 unspecified atom stereocenters. The Bertz CT molecular complexity index is 352. The van der Waals surface area contributed by atoms with Crippen molar-refractivity contribution in [3.8, 4) is 0 Å². The van der Waals surface area contributed by atoms with Crippen molar-refractivity contribution in [2.75, 3.05) is 13.1 Å². The van der Waals surface area contributed by atoms with Crippen LogP contribution in [0.1, 0.15) is 49.3 Å². The third-order valence-corrected chi connectivity index (χ3v) is 3.82. The van der Waals surface area contributed by atoms with Crippen molar-refractivity contribution in [1.82, 2.24) is 15.6 Å². The molecule has 1 aromatic heterocycles. The van der Waals surface area contributed by atoms with Crippen LogP contribution in [0, 0.1) is 13.8 Å². The van der Waals surface area contributed by atoms with Crippen LogP contribution in [-0.4, -0.2) is 23.6 Å². The van der Waals surface area contributed by atoms with Gasteiger partial charge in [-0.2, -0.15) is 0 Å². The van der Waals surface area contributed by atoms with Gasteiger partial charge in [0.15, 0.2) is 0 Å². The summed E-state index contributed by atoms with van der Waals surface area (Å²) in [5.41, 5.74) is 1.36. The van der Waals surface area contributed by atoms with Crippen molar-refractivity contribution in [2.45, 2.75) is 53.1 Å². The van der Waals surface area contributed by atoms with E-state index in [0.29, 0.717) is 6.04 Å². The van der Waals surface area contributed by atoms with E-state index < -0.39 is 0 Å². The van der Waals surface area contributed by atoms with Crippen molar-refractivity contribution in [3.63, 3.8) is 0 Å². The highest BCUT2D eigenvalue weighted by Crippen LogP contribution is 2.23. The maximum absolute atomic E-state index is 4.46. The Kier molecular flexibility index (Phi) is 5.10. The number of hydrogen-bond donors (Lipinski definition) is 2. The molecule has 0 bridgehead atoms. The van der Waals surface area contributed by atoms with Crippen LogP contribution in [0.15, 0.2) is 0 Å². The van der Waals surface area contributed by atoms with Crippen LogP contribution < -0.4 is 10.6 Å². The monoisotopic (exact) mass is 255 g/mol. The SMILES string of the molecule is Cc1nc(C)c(C(C)NCCNC(C)(C)C)s1. The molecule has 1 rings (SSSR count). The van der Waals surface area contributed by atoms with Crippen LogP contribution in [-0.2, 0) is 0 Å². The Morgan fingerprint density at radius 2 is 1.88 bits per heavy atom. The molecule has 0 fully saturated rings. The molecule has 0 aromatic carbocycles. The fourth-order valence-corrected chi connectivity index (χ4v) is 2.72. The predicted octanol–water partition coefficient (Wildman–Crippen LogP) is 2.80. The normalized spacial score (nSPS) is 14.0. The maximum atomic E-state index is 4.46. The molecule has 3 nitrogen and oxygen atoms in total. The zero-order valence-electron chi connectivity index (χ0n) is 11.8. The quantitative estimate of drug-likeness (QED) is 0.794. The first-order chi connectivity index (χ1) is 7.79. The maximum Gasteiger partial charge on any atom is 0.0900 e. The minimum Gasteiger partial charge on any atom is -0.311 e. The Morgan fingerprint density at radius 1 is 1.24 bits per heavy atom. The summed E-state index contributed by atoms with van der Waals surface area (Å²) in [6.45, 7) is 14.9. The second kappa shape index (κ2) is 5.94. The molecule has 4 heteroatoms. The smallest absolute Gasteiger partial charge is 0.0900 e. The highest BCUT2D eigenvalue weighted by atomic mass is 32.1. The number of thiazole rings is 1. The van der Waals surface area contributed by atoms with Gasteiger partial charge in [0.05, 0.1) is 10.7 Å². The van der Waals surface area contributed by atoms with Gasteiger partial charge in [0.2, 0.25) is 0 Å². The summed E-state index contributed by atoms with van der Waals surface area (Å²) >= 11 is 1.79. The number of aromatic nitrogens is 1. The van der Waals surface area contributed by atoms with E-state index in [1.165, 1.54) is 4.88 Å². The number of hydrogen-bond acceptors (Lipinski definition) is 4. The second-order valence-corrected chi connectivity index (χ2v) is 6.77. The van der Waals surface area contributed by atoms with E-state index in [2.05, 4.69) is 57.2 Å². The minimum absolute atomic E-state index is 0.196. The van der Waals surface area contributed by atoms with Gasteiger partial charge >= 0.3 is 0 Å². The summed E-state index contributed by atoms with van der Waals surface area (Å²) in [4.78, 5) is 5.82. The van der Waals surface area contributed by atoms with Gasteiger partial charge in [0.1, 0.15) is 0 Å². The standard InChI is InChI=1S/C13H25N3S/c1-9(12-10(2)16-11(3)17-12)14-7-8-15-13(4,5)6/h9,14-15H,7-8H2,1-6H3. The lowest BCUT2D eigenvalue weighted by Gasteiger charge is -2.21. The molecule has 98 valence electrons. The fraction of sp³-hybridized carbons (Fsp3) is 0.769. The third kappa shape index (κ3) is 5.15. The van der Waals surface area contributed by atoms with Gasteiger partial charge in [0, 0.05) is 29.5 Å². The average Bonchev–Trinajstić information content (AvgIpc) is 2.51. The van der Waals surface area contributed by atoms with Crippen LogP contribution >= 0.6 is 11.3 Å². The topological polar surface area (TPSA) is 37.0 Å². The molecule has 1 atom stereocenters. The Morgan fingerprint density at radius 3 is 2.35 bits per heavy atom. The van der Waals surface area contributed by atoms with E-state index in [0.717, 1.165) is 23.8 Å². The van der Waals surface area contributed by atoms with Crippen molar-refractivity contribution < 1.29 is 0 Å². The molecule has 0 saturated heterocycles. The van der Waals surface area contributed by atoms with Crippen molar-refractivity contribution >= 4 is 11.3 Å². The number of nitrogens with one attached hydrogen (secondary N) is 2. The van der Waals surface area contributed by atoms with E-state index in [-0.39, 0.29) is 5.54 Å². The first-order valence-electron chi connectivity index (χ1n) is 6.22. The van der Waals surface area contributed by atoms with Gasteiger partial charge in [-0.25, -0.2) is 4.98 Å². The molecule has 0 amide bonds. The van der Waals surface area contributed by atoms with Crippen molar-refractivity contribution in [2.24, 2.45) is 0 Å². The van der Waals surface area contributed by atoms with E-state index in [1.807, 2.05) is 0 Å². The van der Waals surface area contributed by atoms with Crippen molar-refractivity contribution in [3.05, 3.63) is 15.6 Å². The molecule has 0 aliphatic rings. The fourth-order valence-electron chi connectivity index (χ4n) is 1.77. The average molecular weight is 255 g/mol. The third-order valence-electron chi connectivity index (χ3n) is 2.56. The van der Waals surface area contributed by atoms with Gasteiger partial charge < -0.3 is 10.6 Å². The molecular formula is C13H25N3S.